The second-order valence-corrected chi connectivity index (χ2v) is 3.95. The van der Waals surface area contributed by atoms with Crippen molar-refractivity contribution >= 4 is 34.2 Å². The molecule has 1 aromatic heterocycles. The maximum atomic E-state index is 4.08. The van der Waals surface area contributed by atoms with Gasteiger partial charge in [-0.1, -0.05) is 6.07 Å². The van der Waals surface area contributed by atoms with E-state index in [4.69, 9.17) is 0 Å². The molecule has 0 aliphatic carbocycles. The molecule has 0 spiro atoms. The van der Waals surface area contributed by atoms with Gasteiger partial charge in [0.15, 0.2) is 0 Å². The van der Waals surface area contributed by atoms with Crippen molar-refractivity contribution in [3.63, 3.8) is 0 Å². The molecule has 0 saturated heterocycles. The summed E-state index contributed by atoms with van der Waals surface area (Å²) >= 11 is 2.27. The number of halogens is 1. The van der Waals surface area contributed by atoms with Gasteiger partial charge in [0.25, 0.3) is 0 Å². The standard InChI is InChI=1S/C10H8IN3/c11-8-3-1-4-9(7-8)14-10-12-5-2-6-13-10/h1-7H,(H,12,13,14). The molecular formula is C10H8IN3. The molecule has 0 aliphatic heterocycles. The largest absolute Gasteiger partial charge is 0.324 e. The van der Waals surface area contributed by atoms with E-state index in [1.807, 2.05) is 24.3 Å². The van der Waals surface area contributed by atoms with E-state index in [0.29, 0.717) is 5.95 Å². The highest BCUT2D eigenvalue weighted by Gasteiger charge is 1.95. The predicted molar refractivity (Wildman–Crippen MR) is 64.5 cm³/mol. The van der Waals surface area contributed by atoms with Crippen molar-refractivity contribution in [1.82, 2.24) is 9.97 Å². The highest BCUT2D eigenvalue weighted by atomic mass is 127. The van der Waals surface area contributed by atoms with Gasteiger partial charge in [0.1, 0.15) is 0 Å². The molecule has 2 aromatic rings. The monoisotopic (exact) mass is 297 g/mol. The molecule has 70 valence electrons. The fraction of sp³-hybridized carbons (Fsp3) is 0. The Kier molecular flexibility index (Phi) is 2.93. The number of benzene rings is 1. The zero-order valence-electron chi connectivity index (χ0n) is 7.31. The van der Waals surface area contributed by atoms with Crippen molar-refractivity contribution in [2.24, 2.45) is 0 Å². The van der Waals surface area contributed by atoms with Crippen LogP contribution in [0.5, 0.6) is 0 Å². The second kappa shape index (κ2) is 4.36. The number of aromatic nitrogens is 2. The lowest BCUT2D eigenvalue weighted by Crippen LogP contribution is -1.95. The van der Waals surface area contributed by atoms with Gasteiger partial charge in [0.05, 0.1) is 0 Å². The Bertz CT molecular complexity index is 417. The van der Waals surface area contributed by atoms with Gasteiger partial charge >= 0.3 is 0 Å². The fourth-order valence-corrected chi connectivity index (χ4v) is 1.60. The molecular weight excluding hydrogens is 289 g/mol. The van der Waals surface area contributed by atoms with Crippen LogP contribution in [-0.4, -0.2) is 9.97 Å². The number of nitrogens with one attached hydrogen (secondary N) is 1. The summed E-state index contributed by atoms with van der Waals surface area (Å²) in [5.74, 6) is 0.620. The van der Waals surface area contributed by atoms with Crippen LogP contribution in [0.3, 0.4) is 0 Å². The molecule has 3 nitrogen and oxygen atoms in total. The lowest BCUT2D eigenvalue weighted by Gasteiger charge is -2.03. The number of hydrogen-bond acceptors (Lipinski definition) is 3. The molecule has 0 amide bonds. The summed E-state index contributed by atoms with van der Waals surface area (Å²) in [6, 6.07) is 9.85. The molecule has 0 fully saturated rings. The number of rotatable bonds is 2. The van der Waals surface area contributed by atoms with Crippen LogP contribution < -0.4 is 5.32 Å². The highest BCUT2D eigenvalue weighted by molar-refractivity contribution is 14.1. The summed E-state index contributed by atoms with van der Waals surface area (Å²) < 4.78 is 1.18. The number of anilines is 2. The normalized spacial score (nSPS) is 9.79. The van der Waals surface area contributed by atoms with Gasteiger partial charge < -0.3 is 5.32 Å². The molecule has 1 N–H and O–H groups in total. The first-order chi connectivity index (χ1) is 6.84. The maximum absolute atomic E-state index is 4.08. The minimum absolute atomic E-state index is 0.620. The number of hydrogen-bond donors (Lipinski definition) is 1. The van der Waals surface area contributed by atoms with Crippen LogP contribution in [-0.2, 0) is 0 Å². The van der Waals surface area contributed by atoms with Crippen LogP contribution in [0.15, 0.2) is 42.7 Å². The minimum Gasteiger partial charge on any atom is -0.324 e. The molecule has 0 atom stereocenters. The topological polar surface area (TPSA) is 37.8 Å². The van der Waals surface area contributed by atoms with Gasteiger partial charge in [0.2, 0.25) is 5.95 Å². The van der Waals surface area contributed by atoms with Crippen LogP contribution in [0.4, 0.5) is 11.6 Å². The summed E-state index contributed by atoms with van der Waals surface area (Å²) in [4.78, 5) is 8.16. The first-order valence-electron chi connectivity index (χ1n) is 4.14. The Morgan fingerprint density at radius 2 is 1.86 bits per heavy atom. The quantitative estimate of drug-likeness (QED) is 0.866. The predicted octanol–water partition coefficient (Wildman–Crippen LogP) is 2.82. The van der Waals surface area contributed by atoms with Gasteiger partial charge in [-0.3, -0.25) is 0 Å². The average molecular weight is 297 g/mol. The number of nitrogens with zero attached hydrogens (tertiary/aromatic N) is 2. The molecule has 0 bridgehead atoms. The Balaban J connectivity index is 2.19. The van der Waals surface area contributed by atoms with Gasteiger partial charge in [-0.25, -0.2) is 9.97 Å². The summed E-state index contributed by atoms with van der Waals surface area (Å²) in [5, 5.41) is 3.12. The van der Waals surface area contributed by atoms with E-state index in [9.17, 15) is 0 Å². The highest BCUT2D eigenvalue weighted by Crippen LogP contribution is 2.15. The van der Waals surface area contributed by atoms with E-state index in [-0.39, 0.29) is 0 Å². The SMILES string of the molecule is Ic1cccc(Nc2ncccn2)c1. The Morgan fingerprint density at radius 3 is 2.57 bits per heavy atom. The molecule has 0 unspecified atom stereocenters. The Labute approximate surface area is 95.7 Å². The lowest BCUT2D eigenvalue weighted by molar-refractivity contribution is 1.17. The zero-order valence-corrected chi connectivity index (χ0v) is 9.47. The van der Waals surface area contributed by atoms with Crippen LogP contribution >= 0.6 is 22.6 Å². The summed E-state index contributed by atoms with van der Waals surface area (Å²) in [5.41, 5.74) is 1.00. The molecule has 2 rings (SSSR count). The first kappa shape index (κ1) is 9.39. The van der Waals surface area contributed by atoms with E-state index in [0.717, 1.165) is 5.69 Å². The molecule has 1 aromatic carbocycles. The van der Waals surface area contributed by atoms with Gasteiger partial charge in [-0.05, 0) is 46.9 Å². The van der Waals surface area contributed by atoms with Crippen LogP contribution in [0.25, 0.3) is 0 Å². The third-order valence-electron chi connectivity index (χ3n) is 1.65. The first-order valence-corrected chi connectivity index (χ1v) is 5.22. The average Bonchev–Trinajstić information content (AvgIpc) is 2.19. The second-order valence-electron chi connectivity index (χ2n) is 2.71. The van der Waals surface area contributed by atoms with E-state index in [1.165, 1.54) is 3.57 Å². The van der Waals surface area contributed by atoms with E-state index in [1.54, 1.807) is 18.5 Å². The molecule has 4 heteroatoms. The van der Waals surface area contributed by atoms with Crippen molar-refractivity contribution in [1.29, 1.82) is 0 Å². The van der Waals surface area contributed by atoms with Crippen molar-refractivity contribution < 1.29 is 0 Å². The Morgan fingerprint density at radius 1 is 1.07 bits per heavy atom. The maximum Gasteiger partial charge on any atom is 0.227 e. The molecule has 14 heavy (non-hydrogen) atoms. The van der Waals surface area contributed by atoms with Crippen molar-refractivity contribution in [3.05, 3.63) is 46.3 Å². The Hall–Kier alpha value is -1.17. The van der Waals surface area contributed by atoms with E-state index in [2.05, 4.69) is 37.9 Å². The van der Waals surface area contributed by atoms with Crippen molar-refractivity contribution in [3.8, 4) is 0 Å². The smallest absolute Gasteiger partial charge is 0.227 e. The zero-order chi connectivity index (χ0) is 9.80. The summed E-state index contributed by atoms with van der Waals surface area (Å²) in [7, 11) is 0. The third-order valence-corrected chi connectivity index (χ3v) is 2.32. The van der Waals surface area contributed by atoms with Gasteiger partial charge in [0, 0.05) is 21.7 Å². The molecule has 1 heterocycles. The molecule has 0 saturated carbocycles. The van der Waals surface area contributed by atoms with Crippen molar-refractivity contribution in [2.45, 2.75) is 0 Å². The molecule has 0 aliphatic rings. The van der Waals surface area contributed by atoms with Gasteiger partial charge in [-0.15, -0.1) is 0 Å². The van der Waals surface area contributed by atoms with Crippen molar-refractivity contribution in [2.75, 3.05) is 5.32 Å². The van der Waals surface area contributed by atoms with Crippen LogP contribution in [0, 0.1) is 3.57 Å². The fourth-order valence-electron chi connectivity index (χ4n) is 1.06. The van der Waals surface area contributed by atoms with Gasteiger partial charge in [-0.2, -0.15) is 0 Å². The summed E-state index contributed by atoms with van der Waals surface area (Å²) in [6.07, 6.45) is 3.42. The molecule has 0 radical (unpaired) electrons. The third kappa shape index (κ3) is 2.41. The minimum atomic E-state index is 0.620. The van der Waals surface area contributed by atoms with E-state index < -0.39 is 0 Å². The van der Waals surface area contributed by atoms with Crippen LogP contribution in [0.1, 0.15) is 0 Å². The van der Waals surface area contributed by atoms with Crippen LogP contribution in [0.2, 0.25) is 0 Å². The van der Waals surface area contributed by atoms with E-state index >= 15 is 0 Å². The summed E-state index contributed by atoms with van der Waals surface area (Å²) in [6.45, 7) is 0. The lowest BCUT2D eigenvalue weighted by atomic mass is 10.3.